The molecule has 0 aromatic rings. The van der Waals surface area contributed by atoms with Crippen LogP contribution in [0.5, 0.6) is 0 Å². The Kier molecular flexibility index (Phi) is 6.21. The second-order valence-electron chi connectivity index (χ2n) is 2.72. The summed E-state index contributed by atoms with van der Waals surface area (Å²) in [7, 11) is -7.97. The number of carbonyl (C=O) groups excluding carboxylic acids is 1. The summed E-state index contributed by atoms with van der Waals surface area (Å²) < 4.78 is 25.5. The van der Waals surface area contributed by atoms with Crippen LogP contribution < -0.4 is 0 Å². The highest BCUT2D eigenvalue weighted by Gasteiger charge is 2.37. The van der Waals surface area contributed by atoms with Gasteiger partial charge in [0.25, 0.3) is 0 Å². The second kappa shape index (κ2) is 6.16. The number of methoxy groups -OCH3 is 1. The lowest BCUT2D eigenvalue weighted by molar-refractivity contribution is -0.138. The molecule has 0 aliphatic carbocycles. The van der Waals surface area contributed by atoms with Crippen LogP contribution in [0.4, 0.5) is 0 Å². The van der Waals surface area contributed by atoms with Gasteiger partial charge in [-0.25, -0.2) is 0 Å². The number of ether oxygens (including phenoxy) is 1. The number of hydrogen-bond donors (Lipinski definition) is 4. The van der Waals surface area contributed by atoms with Crippen LogP contribution in [-0.4, -0.2) is 49.6 Å². The SMILES string of the molecule is COC(=O)C(SCCP(=O)(O)O)P(=O)(O)O. The predicted molar refractivity (Wildman–Crippen MR) is 57.2 cm³/mol. The molecule has 0 rings (SSSR count). The van der Waals surface area contributed by atoms with Crippen LogP contribution in [0.25, 0.3) is 0 Å². The van der Waals surface area contributed by atoms with E-state index in [0.717, 1.165) is 7.11 Å². The maximum absolute atomic E-state index is 11.0. The van der Waals surface area contributed by atoms with E-state index in [0.29, 0.717) is 11.8 Å². The molecule has 0 heterocycles. The van der Waals surface area contributed by atoms with E-state index < -0.39 is 32.3 Å². The Morgan fingerprint density at radius 1 is 1.31 bits per heavy atom. The quantitative estimate of drug-likeness (QED) is 0.379. The second-order valence-corrected chi connectivity index (χ2v) is 7.76. The van der Waals surface area contributed by atoms with Gasteiger partial charge in [0.2, 0.25) is 4.99 Å². The zero-order chi connectivity index (χ0) is 13.0. The summed E-state index contributed by atoms with van der Waals surface area (Å²) in [5.41, 5.74) is 0. The first-order chi connectivity index (χ1) is 7.08. The normalized spacial score (nSPS) is 14.6. The van der Waals surface area contributed by atoms with Gasteiger partial charge >= 0.3 is 21.2 Å². The van der Waals surface area contributed by atoms with Crippen molar-refractivity contribution in [3.05, 3.63) is 0 Å². The Bertz CT molecular complexity index is 331. The van der Waals surface area contributed by atoms with Gasteiger partial charge in [-0.1, -0.05) is 0 Å². The van der Waals surface area contributed by atoms with Gasteiger partial charge in [0, 0.05) is 5.75 Å². The van der Waals surface area contributed by atoms with Crippen molar-refractivity contribution in [3.63, 3.8) is 0 Å². The smallest absolute Gasteiger partial charge is 0.349 e. The van der Waals surface area contributed by atoms with Gasteiger partial charge in [0.05, 0.1) is 13.3 Å². The van der Waals surface area contributed by atoms with Crippen molar-refractivity contribution < 1.29 is 38.2 Å². The Morgan fingerprint density at radius 3 is 2.12 bits per heavy atom. The van der Waals surface area contributed by atoms with Crippen LogP contribution >= 0.6 is 27.0 Å². The molecule has 0 fully saturated rings. The molecule has 0 bridgehead atoms. The number of esters is 1. The summed E-state index contributed by atoms with van der Waals surface area (Å²) >= 11 is 0.458. The van der Waals surface area contributed by atoms with E-state index in [2.05, 4.69) is 4.74 Å². The van der Waals surface area contributed by atoms with E-state index >= 15 is 0 Å². The summed E-state index contributed by atoms with van der Waals surface area (Å²) in [4.78, 5) is 43.9. The first-order valence-corrected chi connectivity index (χ1v) is 8.40. The molecule has 0 saturated heterocycles. The van der Waals surface area contributed by atoms with Crippen LogP contribution in [0.3, 0.4) is 0 Å². The van der Waals surface area contributed by atoms with E-state index in [-0.39, 0.29) is 5.75 Å². The third-order valence-electron chi connectivity index (χ3n) is 1.37. The Morgan fingerprint density at radius 2 is 1.81 bits per heavy atom. The average molecular weight is 294 g/mol. The molecule has 0 saturated carbocycles. The molecule has 11 heteroatoms. The fraction of sp³-hybridized carbons (Fsp3) is 0.800. The molecule has 0 aliphatic heterocycles. The summed E-state index contributed by atoms with van der Waals surface area (Å²) in [6.45, 7) is 0. The third kappa shape index (κ3) is 6.65. The van der Waals surface area contributed by atoms with Crippen molar-refractivity contribution in [2.45, 2.75) is 4.99 Å². The van der Waals surface area contributed by atoms with Gasteiger partial charge in [-0.2, -0.15) is 0 Å². The van der Waals surface area contributed by atoms with Gasteiger partial charge in [0.15, 0.2) is 0 Å². The van der Waals surface area contributed by atoms with Crippen molar-refractivity contribution in [1.82, 2.24) is 0 Å². The predicted octanol–water partition coefficient (Wildman–Crippen LogP) is -0.426. The van der Waals surface area contributed by atoms with E-state index in [4.69, 9.17) is 19.6 Å². The van der Waals surface area contributed by atoms with Gasteiger partial charge in [-0.15, -0.1) is 11.8 Å². The van der Waals surface area contributed by atoms with Crippen molar-refractivity contribution in [1.29, 1.82) is 0 Å². The standard InChI is InChI=1S/C5H12O8P2S/c1-13-4(6)5(15(10,11)12)16-3-2-14(7,8)9/h5H,2-3H2,1H3,(H2,7,8,9)(H2,10,11,12). The van der Waals surface area contributed by atoms with Crippen LogP contribution in [0, 0.1) is 0 Å². The minimum atomic E-state index is -4.70. The minimum absolute atomic E-state index is 0.255. The van der Waals surface area contributed by atoms with Crippen molar-refractivity contribution >= 4 is 32.9 Å². The monoisotopic (exact) mass is 294 g/mol. The molecular formula is C5H12O8P2S. The highest BCUT2D eigenvalue weighted by molar-refractivity contribution is 8.06. The lowest BCUT2D eigenvalue weighted by Gasteiger charge is -2.15. The lowest BCUT2D eigenvalue weighted by Crippen LogP contribution is -2.20. The molecule has 0 radical (unpaired) electrons. The molecule has 1 unspecified atom stereocenters. The molecule has 0 spiro atoms. The maximum atomic E-state index is 11.0. The van der Waals surface area contributed by atoms with E-state index in [1.54, 1.807) is 0 Å². The fourth-order valence-corrected chi connectivity index (χ4v) is 3.99. The van der Waals surface area contributed by atoms with Gasteiger partial charge in [-0.3, -0.25) is 13.9 Å². The molecule has 1 atom stereocenters. The van der Waals surface area contributed by atoms with Crippen molar-refractivity contribution in [2.24, 2.45) is 0 Å². The Balaban J connectivity index is 4.42. The summed E-state index contributed by atoms with van der Waals surface area (Å²) in [6.07, 6.45) is -0.564. The average Bonchev–Trinajstić information content (AvgIpc) is 2.07. The number of thioether (sulfide) groups is 1. The van der Waals surface area contributed by atoms with Crippen molar-refractivity contribution in [2.75, 3.05) is 19.0 Å². The molecule has 4 N–H and O–H groups in total. The van der Waals surface area contributed by atoms with Crippen LogP contribution in [0.15, 0.2) is 0 Å². The maximum Gasteiger partial charge on any atom is 0.349 e. The summed E-state index contributed by atoms with van der Waals surface area (Å²) in [5.74, 6) is -1.38. The van der Waals surface area contributed by atoms with Gasteiger partial charge < -0.3 is 24.3 Å². The van der Waals surface area contributed by atoms with E-state index in [1.807, 2.05) is 0 Å². The highest BCUT2D eigenvalue weighted by atomic mass is 32.2. The molecular weight excluding hydrogens is 282 g/mol. The van der Waals surface area contributed by atoms with Gasteiger partial charge in [-0.05, 0) is 0 Å². The summed E-state index contributed by atoms with van der Waals surface area (Å²) in [6, 6.07) is 0. The number of rotatable bonds is 6. The first-order valence-electron chi connectivity index (χ1n) is 3.87. The largest absolute Gasteiger partial charge is 0.468 e. The minimum Gasteiger partial charge on any atom is -0.468 e. The fourth-order valence-electron chi connectivity index (χ4n) is 0.687. The van der Waals surface area contributed by atoms with E-state index in [9.17, 15) is 13.9 Å². The third-order valence-corrected chi connectivity index (χ3v) is 5.52. The molecule has 96 valence electrons. The Hall–Kier alpha value is 0.120. The first kappa shape index (κ1) is 16.1. The van der Waals surface area contributed by atoms with Gasteiger partial charge in [0.1, 0.15) is 0 Å². The number of hydrogen-bond acceptors (Lipinski definition) is 5. The lowest BCUT2D eigenvalue weighted by atomic mass is 10.8. The number of carbonyl (C=O) groups is 1. The molecule has 16 heavy (non-hydrogen) atoms. The van der Waals surface area contributed by atoms with Crippen LogP contribution in [0.1, 0.15) is 0 Å². The molecule has 0 aromatic heterocycles. The van der Waals surface area contributed by atoms with Crippen LogP contribution in [0.2, 0.25) is 0 Å². The molecule has 8 nitrogen and oxygen atoms in total. The Labute approximate surface area is 95.7 Å². The highest BCUT2D eigenvalue weighted by Crippen LogP contribution is 2.48. The molecule has 0 aromatic carbocycles. The van der Waals surface area contributed by atoms with Crippen LogP contribution in [-0.2, 0) is 18.7 Å². The van der Waals surface area contributed by atoms with Crippen molar-refractivity contribution in [3.8, 4) is 0 Å². The van der Waals surface area contributed by atoms with E-state index in [1.165, 1.54) is 0 Å². The topological polar surface area (TPSA) is 141 Å². The zero-order valence-corrected chi connectivity index (χ0v) is 10.8. The summed E-state index contributed by atoms with van der Waals surface area (Å²) in [5, 5.41) is 0. The molecule has 0 aliphatic rings. The molecule has 0 amide bonds. The zero-order valence-electron chi connectivity index (χ0n) is 8.22.